The summed E-state index contributed by atoms with van der Waals surface area (Å²) in [5.41, 5.74) is 0. The summed E-state index contributed by atoms with van der Waals surface area (Å²) in [4.78, 5) is 12.4. The molecule has 1 aliphatic rings. The maximum Gasteiger partial charge on any atom is 0.243 e. The van der Waals surface area contributed by atoms with Gasteiger partial charge in [-0.05, 0) is 44.4 Å². The Bertz CT molecular complexity index is 731. The smallest absolute Gasteiger partial charge is 0.243 e. The van der Waals surface area contributed by atoms with Crippen LogP contribution < -0.4 is 10.1 Å². The van der Waals surface area contributed by atoms with Gasteiger partial charge in [-0.15, -0.1) is 0 Å². The van der Waals surface area contributed by atoms with Crippen LogP contribution in [-0.4, -0.2) is 44.9 Å². The molecule has 1 fully saturated rings. The number of ether oxygens (including phenoxy) is 1. The molecular formula is C19H29ClN2O4S. The summed E-state index contributed by atoms with van der Waals surface area (Å²) in [5.74, 6) is 0.380. The number of nitrogens with one attached hydrogen (secondary N) is 1. The summed E-state index contributed by atoms with van der Waals surface area (Å²) in [6, 6.07) is 4.52. The van der Waals surface area contributed by atoms with Crippen LogP contribution in [0, 0.1) is 5.92 Å². The first-order valence-electron chi connectivity index (χ1n) is 9.60. The summed E-state index contributed by atoms with van der Waals surface area (Å²) < 4.78 is 32.5. The third-order valence-electron chi connectivity index (χ3n) is 4.75. The van der Waals surface area contributed by atoms with Gasteiger partial charge in [-0.1, -0.05) is 31.4 Å². The number of amides is 1. The minimum Gasteiger partial charge on any atom is -0.492 e. The van der Waals surface area contributed by atoms with E-state index >= 15 is 0 Å². The average molecular weight is 417 g/mol. The Morgan fingerprint density at radius 3 is 2.56 bits per heavy atom. The number of nitrogens with zero attached hydrogens (tertiary/aromatic N) is 1. The van der Waals surface area contributed by atoms with Crippen LogP contribution in [0.3, 0.4) is 0 Å². The number of carbonyl (C=O) groups excluding carboxylic acids is 1. The molecule has 27 heavy (non-hydrogen) atoms. The molecule has 6 nitrogen and oxygen atoms in total. The van der Waals surface area contributed by atoms with Gasteiger partial charge < -0.3 is 10.1 Å². The number of hydrogen-bond acceptors (Lipinski definition) is 4. The number of piperidine rings is 1. The molecule has 152 valence electrons. The monoisotopic (exact) mass is 416 g/mol. The molecular weight excluding hydrogens is 388 g/mol. The van der Waals surface area contributed by atoms with Crippen LogP contribution in [-0.2, 0) is 14.8 Å². The Hall–Kier alpha value is -1.31. The molecule has 1 N–H and O–H groups in total. The molecule has 0 aromatic heterocycles. The summed E-state index contributed by atoms with van der Waals surface area (Å²) in [6.07, 6.45) is 4.25. The Labute approximate surface area is 167 Å². The van der Waals surface area contributed by atoms with Crippen molar-refractivity contribution in [2.45, 2.75) is 50.8 Å². The van der Waals surface area contributed by atoms with E-state index in [0.29, 0.717) is 44.8 Å². The lowest BCUT2D eigenvalue weighted by molar-refractivity contribution is -0.126. The first-order chi connectivity index (χ1) is 12.9. The van der Waals surface area contributed by atoms with E-state index < -0.39 is 10.0 Å². The average Bonchev–Trinajstić information content (AvgIpc) is 2.67. The van der Waals surface area contributed by atoms with E-state index in [9.17, 15) is 13.2 Å². The van der Waals surface area contributed by atoms with Crippen molar-refractivity contribution >= 4 is 27.5 Å². The third-order valence-corrected chi connectivity index (χ3v) is 6.94. The summed E-state index contributed by atoms with van der Waals surface area (Å²) >= 11 is 6.13. The molecule has 0 bridgehead atoms. The first kappa shape index (κ1) is 22.0. The van der Waals surface area contributed by atoms with Gasteiger partial charge in [-0.2, -0.15) is 4.31 Å². The Kier molecular flexibility index (Phi) is 8.38. The van der Waals surface area contributed by atoms with Gasteiger partial charge in [0.1, 0.15) is 5.75 Å². The molecule has 0 saturated carbocycles. The normalized spacial score (nSPS) is 16.3. The molecule has 0 atom stereocenters. The molecule has 1 saturated heterocycles. The molecule has 0 aliphatic carbocycles. The van der Waals surface area contributed by atoms with Gasteiger partial charge in [0.05, 0.1) is 16.5 Å². The van der Waals surface area contributed by atoms with Crippen molar-refractivity contribution in [3.05, 3.63) is 23.2 Å². The zero-order chi connectivity index (χ0) is 19.9. The highest BCUT2D eigenvalue weighted by Gasteiger charge is 2.32. The largest absolute Gasteiger partial charge is 0.492 e. The van der Waals surface area contributed by atoms with Gasteiger partial charge >= 0.3 is 0 Å². The highest BCUT2D eigenvalue weighted by Crippen LogP contribution is 2.30. The summed E-state index contributed by atoms with van der Waals surface area (Å²) in [5, 5.41) is 3.24. The van der Waals surface area contributed by atoms with Crippen LogP contribution in [0.5, 0.6) is 5.75 Å². The van der Waals surface area contributed by atoms with E-state index in [1.54, 1.807) is 6.07 Å². The Morgan fingerprint density at radius 2 is 1.96 bits per heavy atom. The van der Waals surface area contributed by atoms with Gasteiger partial charge in [0.25, 0.3) is 0 Å². The lowest BCUT2D eigenvalue weighted by Crippen LogP contribution is -2.43. The van der Waals surface area contributed by atoms with Gasteiger partial charge in [-0.25, -0.2) is 8.42 Å². The highest BCUT2D eigenvalue weighted by molar-refractivity contribution is 7.89. The molecule has 1 aromatic rings. The molecule has 8 heteroatoms. The third kappa shape index (κ3) is 5.83. The van der Waals surface area contributed by atoms with Crippen LogP contribution in [0.2, 0.25) is 5.02 Å². The van der Waals surface area contributed by atoms with Gasteiger partial charge in [0.2, 0.25) is 15.9 Å². The number of unbranched alkanes of at least 4 members (excludes halogenated alkanes) is 2. The predicted octanol–water partition coefficient (Wildman–Crippen LogP) is 3.45. The number of carbonyl (C=O) groups is 1. The zero-order valence-corrected chi connectivity index (χ0v) is 17.6. The first-order valence-corrected chi connectivity index (χ1v) is 11.4. The summed E-state index contributed by atoms with van der Waals surface area (Å²) in [7, 11) is -3.63. The fourth-order valence-corrected chi connectivity index (χ4v) is 4.95. The molecule has 1 aromatic carbocycles. The quantitative estimate of drug-likeness (QED) is 0.625. The predicted molar refractivity (Wildman–Crippen MR) is 107 cm³/mol. The minimum atomic E-state index is -3.63. The van der Waals surface area contributed by atoms with Crippen LogP contribution in [0.4, 0.5) is 0 Å². The van der Waals surface area contributed by atoms with Crippen molar-refractivity contribution in [1.82, 2.24) is 9.62 Å². The Balaban J connectivity index is 1.94. The zero-order valence-electron chi connectivity index (χ0n) is 16.0. The molecule has 0 radical (unpaired) electrons. The van der Waals surface area contributed by atoms with E-state index in [1.807, 2.05) is 6.92 Å². The molecule has 0 unspecified atom stereocenters. The number of sulfonamides is 1. The second-order valence-electron chi connectivity index (χ2n) is 6.70. The van der Waals surface area contributed by atoms with Crippen molar-refractivity contribution in [3.63, 3.8) is 0 Å². The van der Waals surface area contributed by atoms with Crippen molar-refractivity contribution in [3.8, 4) is 5.75 Å². The van der Waals surface area contributed by atoms with Gasteiger partial charge in [0.15, 0.2) is 0 Å². The van der Waals surface area contributed by atoms with Crippen molar-refractivity contribution < 1.29 is 17.9 Å². The van der Waals surface area contributed by atoms with Crippen LogP contribution in [0.1, 0.15) is 46.0 Å². The summed E-state index contributed by atoms with van der Waals surface area (Å²) in [6.45, 7) is 5.77. The maximum atomic E-state index is 12.9. The van der Waals surface area contributed by atoms with Crippen LogP contribution >= 0.6 is 11.6 Å². The lowest BCUT2D eigenvalue weighted by Gasteiger charge is -2.30. The standard InChI is InChI=1S/C19H29ClN2O4S/c1-3-5-6-11-21-19(23)15-9-12-22(13-10-15)27(24,25)16-7-8-18(26-4-2)17(20)14-16/h7-8,14-15H,3-6,9-13H2,1-2H3,(H,21,23). The fourth-order valence-electron chi connectivity index (χ4n) is 3.15. The molecule has 1 amide bonds. The number of hydrogen-bond donors (Lipinski definition) is 1. The van der Waals surface area contributed by atoms with Crippen LogP contribution in [0.25, 0.3) is 0 Å². The van der Waals surface area contributed by atoms with Crippen molar-refractivity contribution in [1.29, 1.82) is 0 Å². The van der Waals surface area contributed by atoms with E-state index in [2.05, 4.69) is 12.2 Å². The highest BCUT2D eigenvalue weighted by atomic mass is 35.5. The number of benzene rings is 1. The van der Waals surface area contributed by atoms with Gasteiger partial charge in [0, 0.05) is 25.6 Å². The lowest BCUT2D eigenvalue weighted by atomic mass is 9.97. The molecule has 1 aliphatic heterocycles. The molecule has 2 rings (SSSR count). The molecule has 0 spiro atoms. The van der Waals surface area contributed by atoms with Crippen LogP contribution in [0.15, 0.2) is 23.1 Å². The molecule has 1 heterocycles. The fraction of sp³-hybridized carbons (Fsp3) is 0.632. The number of halogens is 1. The van der Waals surface area contributed by atoms with E-state index in [0.717, 1.165) is 19.3 Å². The van der Waals surface area contributed by atoms with E-state index in [4.69, 9.17) is 16.3 Å². The van der Waals surface area contributed by atoms with Crippen molar-refractivity contribution in [2.75, 3.05) is 26.2 Å². The maximum absolute atomic E-state index is 12.9. The van der Waals surface area contributed by atoms with Crippen molar-refractivity contribution in [2.24, 2.45) is 5.92 Å². The second-order valence-corrected chi connectivity index (χ2v) is 9.05. The SMILES string of the molecule is CCCCCNC(=O)C1CCN(S(=O)(=O)c2ccc(OCC)c(Cl)c2)CC1. The second kappa shape index (κ2) is 10.3. The van der Waals surface area contributed by atoms with E-state index in [1.165, 1.54) is 16.4 Å². The number of rotatable bonds is 9. The van der Waals surface area contributed by atoms with E-state index in [-0.39, 0.29) is 21.7 Å². The topological polar surface area (TPSA) is 75.7 Å². The van der Waals surface area contributed by atoms with Gasteiger partial charge in [-0.3, -0.25) is 4.79 Å². The Morgan fingerprint density at radius 1 is 1.26 bits per heavy atom. The minimum absolute atomic E-state index is 0.0345.